The maximum Gasteiger partial charge on any atom is 0.333 e. The van der Waals surface area contributed by atoms with Gasteiger partial charge in [-0.2, -0.15) is 4.98 Å². The molecule has 9 heteroatoms. The van der Waals surface area contributed by atoms with Crippen molar-refractivity contribution < 1.29 is 23.7 Å². The first-order valence-corrected chi connectivity index (χ1v) is 16.1. The molecule has 1 aliphatic carbocycles. The minimum absolute atomic E-state index is 0.0785. The second kappa shape index (κ2) is 13.7. The molecule has 0 radical (unpaired) electrons. The van der Waals surface area contributed by atoms with Crippen LogP contribution in [0.1, 0.15) is 57.6 Å². The van der Waals surface area contributed by atoms with Crippen molar-refractivity contribution in [3.63, 3.8) is 0 Å². The summed E-state index contributed by atoms with van der Waals surface area (Å²) in [6.45, 7) is 6.28. The van der Waals surface area contributed by atoms with Crippen LogP contribution in [0.4, 0.5) is 0 Å². The predicted octanol–water partition coefficient (Wildman–Crippen LogP) is 7.16. The van der Waals surface area contributed by atoms with E-state index in [2.05, 4.69) is 0 Å². The number of fused-ring (bicyclic) bond motifs is 1. The Bertz CT molecular complexity index is 1880. The van der Waals surface area contributed by atoms with Crippen LogP contribution in [0.3, 0.4) is 0 Å². The van der Waals surface area contributed by atoms with Gasteiger partial charge in [0.25, 0.3) is 0 Å². The maximum atomic E-state index is 13.9. The highest BCUT2D eigenvalue weighted by atomic mass is 16.6. The number of carbonyl (C=O) groups excluding carboxylic acids is 1. The number of nitrogens with zero attached hydrogens (tertiary/aromatic N) is 3. The number of para-hydroxylation sites is 1. The zero-order valence-electron chi connectivity index (χ0n) is 27.3. The molecular formula is C38H41N3O6. The number of pyridine rings is 1. The highest BCUT2D eigenvalue weighted by Crippen LogP contribution is 2.34. The lowest BCUT2D eigenvalue weighted by Gasteiger charge is -2.30. The molecule has 0 aliphatic heterocycles. The number of aromatic nitrogens is 3. The van der Waals surface area contributed by atoms with Crippen LogP contribution in [-0.2, 0) is 29.8 Å². The summed E-state index contributed by atoms with van der Waals surface area (Å²) in [5, 5.41) is 0. The average molecular weight is 636 g/mol. The van der Waals surface area contributed by atoms with Gasteiger partial charge in [-0.05, 0) is 75.8 Å². The van der Waals surface area contributed by atoms with Gasteiger partial charge in [-0.1, -0.05) is 66.7 Å². The van der Waals surface area contributed by atoms with Crippen molar-refractivity contribution in [1.82, 2.24) is 14.1 Å². The van der Waals surface area contributed by atoms with Crippen molar-refractivity contribution in [2.45, 2.75) is 71.4 Å². The summed E-state index contributed by atoms with van der Waals surface area (Å²) in [5.74, 6) is 1.01. The summed E-state index contributed by atoms with van der Waals surface area (Å²) >= 11 is 0. The summed E-state index contributed by atoms with van der Waals surface area (Å²) in [5.41, 5.74) is 3.06. The Hall–Kier alpha value is -5.05. The molecule has 0 saturated heterocycles. The van der Waals surface area contributed by atoms with Crippen molar-refractivity contribution in [1.29, 1.82) is 0 Å². The van der Waals surface area contributed by atoms with Crippen LogP contribution >= 0.6 is 0 Å². The van der Waals surface area contributed by atoms with Gasteiger partial charge in [0.2, 0.25) is 11.8 Å². The van der Waals surface area contributed by atoms with Gasteiger partial charge in [0.1, 0.15) is 35.8 Å². The van der Waals surface area contributed by atoms with Gasteiger partial charge in [0.15, 0.2) is 0 Å². The lowest BCUT2D eigenvalue weighted by atomic mass is 9.87. The summed E-state index contributed by atoms with van der Waals surface area (Å²) in [7, 11) is 1.74. The molecule has 1 aliphatic rings. The van der Waals surface area contributed by atoms with E-state index in [1.54, 1.807) is 28.3 Å². The Morgan fingerprint density at radius 1 is 0.809 bits per heavy atom. The zero-order chi connectivity index (χ0) is 33.0. The molecule has 0 atom stereocenters. The van der Waals surface area contributed by atoms with E-state index in [4.69, 9.17) is 23.9 Å². The monoisotopic (exact) mass is 635 g/mol. The van der Waals surface area contributed by atoms with E-state index in [-0.39, 0.29) is 36.2 Å². The Balaban J connectivity index is 1.28. The Labute approximate surface area is 274 Å². The molecule has 0 amide bonds. The summed E-state index contributed by atoms with van der Waals surface area (Å²) in [4.78, 5) is 31.2. The Morgan fingerprint density at radius 2 is 1.45 bits per heavy atom. The van der Waals surface area contributed by atoms with Crippen molar-refractivity contribution in [2.24, 2.45) is 13.0 Å². The van der Waals surface area contributed by atoms with E-state index < -0.39 is 5.60 Å². The number of hydrogen-bond acceptors (Lipinski definition) is 7. The minimum atomic E-state index is -0.504. The standard InChI is InChI=1S/C38H41N3O6/c1-38(2,3)47-36(42)28-18-20-29(21-19-28)46-32-17-11-16-30-34(32)40(4)37(43)41(30)31-22-23-33(44-24-26-12-7-5-8-13-26)39-35(31)45-25-27-14-9-6-10-15-27/h5-17,22-23,28-29H,18-21,24-25H2,1-4H3. The molecule has 0 unspecified atom stereocenters. The van der Waals surface area contributed by atoms with Gasteiger partial charge in [-0.15, -0.1) is 0 Å². The number of carbonyl (C=O) groups is 1. The van der Waals surface area contributed by atoms with E-state index in [1.807, 2.05) is 99.6 Å². The number of imidazole rings is 1. The van der Waals surface area contributed by atoms with Gasteiger partial charge in [0.05, 0.1) is 17.5 Å². The number of ether oxygens (including phenoxy) is 4. The Kier molecular flexibility index (Phi) is 9.33. The van der Waals surface area contributed by atoms with Crippen LogP contribution in [0.15, 0.2) is 95.8 Å². The second-order valence-corrected chi connectivity index (χ2v) is 12.9. The van der Waals surface area contributed by atoms with Crippen LogP contribution in [0.2, 0.25) is 0 Å². The predicted molar refractivity (Wildman–Crippen MR) is 180 cm³/mol. The molecule has 1 saturated carbocycles. The summed E-state index contributed by atoms with van der Waals surface area (Å²) in [6.07, 6.45) is 2.76. The lowest BCUT2D eigenvalue weighted by Crippen LogP contribution is -2.33. The SMILES string of the molecule is Cn1c(=O)n(-c2ccc(OCc3ccccc3)nc2OCc2ccccc2)c2cccc(OC3CCC(C(=O)OC(C)(C)C)CC3)c21. The normalized spacial score (nSPS) is 16.5. The van der Waals surface area contributed by atoms with Gasteiger partial charge in [0, 0.05) is 13.1 Å². The number of rotatable bonds is 10. The third-order valence-corrected chi connectivity index (χ3v) is 8.24. The highest BCUT2D eigenvalue weighted by Gasteiger charge is 2.31. The van der Waals surface area contributed by atoms with Crippen LogP contribution in [0.5, 0.6) is 17.5 Å². The van der Waals surface area contributed by atoms with Crippen LogP contribution in [-0.4, -0.2) is 31.8 Å². The number of esters is 1. The van der Waals surface area contributed by atoms with E-state index >= 15 is 0 Å². The first kappa shape index (κ1) is 31.9. The first-order valence-electron chi connectivity index (χ1n) is 16.1. The fourth-order valence-corrected chi connectivity index (χ4v) is 5.92. The average Bonchev–Trinajstić information content (AvgIpc) is 3.33. The van der Waals surface area contributed by atoms with E-state index in [1.165, 1.54) is 0 Å². The van der Waals surface area contributed by atoms with Crippen molar-refractivity contribution in [3.8, 4) is 23.2 Å². The summed E-state index contributed by atoms with van der Waals surface area (Å²) in [6, 6.07) is 28.9. The molecule has 5 aromatic rings. The molecule has 2 aromatic heterocycles. The molecule has 9 nitrogen and oxygen atoms in total. The van der Waals surface area contributed by atoms with Crippen molar-refractivity contribution in [2.75, 3.05) is 0 Å². The van der Waals surface area contributed by atoms with Crippen LogP contribution in [0, 0.1) is 5.92 Å². The molecule has 244 valence electrons. The molecular weight excluding hydrogens is 594 g/mol. The van der Waals surface area contributed by atoms with Crippen LogP contribution in [0.25, 0.3) is 16.7 Å². The lowest BCUT2D eigenvalue weighted by molar-refractivity contribution is -0.161. The van der Waals surface area contributed by atoms with E-state index in [0.717, 1.165) is 24.0 Å². The molecule has 3 aromatic carbocycles. The molecule has 47 heavy (non-hydrogen) atoms. The third kappa shape index (κ3) is 7.51. The minimum Gasteiger partial charge on any atom is -0.488 e. The van der Waals surface area contributed by atoms with Gasteiger partial charge < -0.3 is 18.9 Å². The van der Waals surface area contributed by atoms with E-state index in [9.17, 15) is 9.59 Å². The first-order chi connectivity index (χ1) is 22.7. The Morgan fingerprint density at radius 3 is 2.09 bits per heavy atom. The number of aryl methyl sites for hydroxylation is 1. The van der Waals surface area contributed by atoms with Gasteiger partial charge >= 0.3 is 11.7 Å². The quantitative estimate of drug-likeness (QED) is 0.150. The summed E-state index contributed by atoms with van der Waals surface area (Å²) < 4.78 is 27.6. The van der Waals surface area contributed by atoms with Crippen LogP contribution < -0.4 is 19.9 Å². The van der Waals surface area contributed by atoms with Gasteiger partial charge in [-0.25, -0.2) is 4.79 Å². The smallest absolute Gasteiger partial charge is 0.333 e. The molecule has 2 heterocycles. The second-order valence-electron chi connectivity index (χ2n) is 12.9. The topological polar surface area (TPSA) is 93.8 Å². The highest BCUT2D eigenvalue weighted by molar-refractivity contribution is 5.84. The molecule has 6 rings (SSSR count). The van der Waals surface area contributed by atoms with Gasteiger partial charge in [-0.3, -0.25) is 13.9 Å². The zero-order valence-corrected chi connectivity index (χ0v) is 27.3. The molecule has 0 N–H and O–H groups in total. The fourth-order valence-electron chi connectivity index (χ4n) is 5.92. The molecule has 1 fully saturated rings. The third-order valence-electron chi connectivity index (χ3n) is 8.24. The maximum absolute atomic E-state index is 13.9. The number of hydrogen-bond donors (Lipinski definition) is 0. The molecule has 0 spiro atoms. The molecule has 0 bridgehead atoms. The number of benzene rings is 3. The fraction of sp³-hybridized carbons (Fsp3) is 0.342. The van der Waals surface area contributed by atoms with Crippen molar-refractivity contribution >= 4 is 17.0 Å². The largest absolute Gasteiger partial charge is 0.488 e. The van der Waals surface area contributed by atoms with E-state index in [0.29, 0.717) is 47.8 Å². The van der Waals surface area contributed by atoms with Crippen molar-refractivity contribution in [3.05, 3.63) is 113 Å².